The fourth-order valence-electron chi connectivity index (χ4n) is 3.01. The number of methoxy groups -OCH3 is 1. The summed E-state index contributed by atoms with van der Waals surface area (Å²) in [5.41, 5.74) is 1.75. The van der Waals surface area contributed by atoms with E-state index in [0.29, 0.717) is 44.3 Å². The molecular formula is C24H18Cl2N2O4. The largest absolute Gasteiger partial charge is 0.507 e. The lowest BCUT2D eigenvalue weighted by Gasteiger charge is -2.14. The Hall–Kier alpha value is -3.48. The van der Waals surface area contributed by atoms with Gasteiger partial charge in [0, 0.05) is 11.6 Å². The van der Waals surface area contributed by atoms with Crippen LogP contribution in [0.5, 0.6) is 28.7 Å². The molecule has 0 spiro atoms. The number of hydrogen-bond acceptors (Lipinski definition) is 6. The highest BCUT2D eigenvalue weighted by atomic mass is 35.5. The summed E-state index contributed by atoms with van der Waals surface area (Å²) in [5, 5.41) is 11.6. The molecule has 1 heterocycles. The first-order valence-electron chi connectivity index (χ1n) is 9.56. The van der Waals surface area contributed by atoms with Crippen molar-refractivity contribution >= 4 is 23.2 Å². The minimum atomic E-state index is -0.0137. The smallest absolute Gasteiger partial charge is 0.172 e. The number of rotatable bonds is 7. The third-order valence-corrected chi connectivity index (χ3v) is 5.32. The summed E-state index contributed by atoms with van der Waals surface area (Å²) in [7, 11) is 1.56. The predicted octanol–water partition coefficient (Wildman–Crippen LogP) is 6.54. The second-order valence-electron chi connectivity index (χ2n) is 6.70. The normalized spacial score (nSPS) is 10.6. The van der Waals surface area contributed by atoms with Crippen molar-refractivity contribution in [3.63, 3.8) is 0 Å². The zero-order valence-corrected chi connectivity index (χ0v) is 18.5. The van der Waals surface area contributed by atoms with Crippen molar-refractivity contribution in [2.45, 2.75) is 6.61 Å². The minimum Gasteiger partial charge on any atom is -0.507 e. The van der Waals surface area contributed by atoms with Gasteiger partial charge in [0.25, 0.3) is 0 Å². The van der Waals surface area contributed by atoms with E-state index in [0.717, 1.165) is 5.56 Å². The Bertz CT molecular complexity index is 1250. The van der Waals surface area contributed by atoms with Crippen molar-refractivity contribution in [3.8, 4) is 40.0 Å². The van der Waals surface area contributed by atoms with Crippen LogP contribution in [0.15, 0.2) is 73.2 Å². The Morgan fingerprint density at radius 2 is 1.72 bits per heavy atom. The molecule has 0 fully saturated rings. The summed E-state index contributed by atoms with van der Waals surface area (Å²) in [6, 6.07) is 17.5. The van der Waals surface area contributed by atoms with Gasteiger partial charge in [0.2, 0.25) is 0 Å². The average Bonchev–Trinajstić information content (AvgIpc) is 2.81. The second-order valence-corrected chi connectivity index (χ2v) is 7.52. The Morgan fingerprint density at radius 3 is 2.47 bits per heavy atom. The summed E-state index contributed by atoms with van der Waals surface area (Å²) < 4.78 is 17.1. The summed E-state index contributed by atoms with van der Waals surface area (Å²) in [4.78, 5) is 8.34. The Labute approximate surface area is 195 Å². The van der Waals surface area contributed by atoms with E-state index in [1.807, 2.05) is 18.2 Å². The molecule has 0 saturated carbocycles. The van der Waals surface area contributed by atoms with E-state index in [-0.39, 0.29) is 12.4 Å². The van der Waals surface area contributed by atoms with Gasteiger partial charge in [0.05, 0.1) is 23.4 Å². The molecule has 0 bridgehead atoms. The Morgan fingerprint density at radius 1 is 0.906 bits per heavy atom. The molecule has 8 heteroatoms. The van der Waals surface area contributed by atoms with E-state index in [9.17, 15) is 5.11 Å². The first-order chi connectivity index (χ1) is 15.5. The van der Waals surface area contributed by atoms with Crippen LogP contribution in [0.1, 0.15) is 5.56 Å². The van der Waals surface area contributed by atoms with E-state index in [1.165, 1.54) is 18.6 Å². The molecule has 4 rings (SSSR count). The van der Waals surface area contributed by atoms with Crippen LogP contribution in [-0.2, 0) is 6.61 Å². The molecule has 0 saturated heterocycles. The molecule has 0 aliphatic rings. The lowest BCUT2D eigenvalue weighted by atomic mass is 10.1. The third kappa shape index (κ3) is 4.88. The quantitative estimate of drug-likeness (QED) is 0.332. The predicted molar refractivity (Wildman–Crippen MR) is 123 cm³/mol. The van der Waals surface area contributed by atoms with Gasteiger partial charge >= 0.3 is 0 Å². The fourth-order valence-corrected chi connectivity index (χ4v) is 3.33. The van der Waals surface area contributed by atoms with Gasteiger partial charge in [-0.3, -0.25) is 0 Å². The number of phenols is 1. The highest BCUT2D eigenvalue weighted by molar-refractivity contribution is 6.42. The fraction of sp³-hybridized carbons (Fsp3) is 0.0833. The van der Waals surface area contributed by atoms with Crippen LogP contribution in [0, 0.1) is 0 Å². The van der Waals surface area contributed by atoms with E-state index >= 15 is 0 Å². The number of para-hydroxylation sites is 2. The van der Waals surface area contributed by atoms with Crippen LogP contribution in [0.4, 0.5) is 0 Å². The molecule has 0 radical (unpaired) electrons. The lowest BCUT2D eigenvalue weighted by molar-refractivity contribution is 0.304. The van der Waals surface area contributed by atoms with Gasteiger partial charge in [-0.15, -0.1) is 0 Å². The Balaban J connectivity index is 1.56. The molecule has 32 heavy (non-hydrogen) atoms. The molecule has 0 atom stereocenters. The van der Waals surface area contributed by atoms with Gasteiger partial charge in [0.1, 0.15) is 30.1 Å². The maximum absolute atomic E-state index is 10.7. The van der Waals surface area contributed by atoms with Gasteiger partial charge in [0.15, 0.2) is 17.2 Å². The molecule has 6 nitrogen and oxygen atoms in total. The van der Waals surface area contributed by atoms with Crippen molar-refractivity contribution in [1.29, 1.82) is 0 Å². The molecule has 0 unspecified atom stereocenters. The summed E-state index contributed by atoms with van der Waals surface area (Å²) >= 11 is 12.0. The highest BCUT2D eigenvalue weighted by Gasteiger charge is 2.16. The van der Waals surface area contributed by atoms with E-state index < -0.39 is 0 Å². The van der Waals surface area contributed by atoms with E-state index in [4.69, 9.17) is 37.4 Å². The molecule has 1 aromatic heterocycles. The van der Waals surface area contributed by atoms with Crippen molar-refractivity contribution < 1.29 is 19.3 Å². The maximum Gasteiger partial charge on any atom is 0.172 e. The number of benzene rings is 3. The van der Waals surface area contributed by atoms with Crippen LogP contribution in [0.2, 0.25) is 10.0 Å². The Kier molecular flexibility index (Phi) is 6.63. The molecule has 4 aromatic rings. The number of halogens is 2. The van der Waals surface area contributed by atoms with Crippen molar-refractivity contribution in [1.82, 2.24) is 9.97 Å². The number of aromatic hydroxyl groups is 1. The first kappa shape index (κ1) is 21.7. The van der Waals surface area contributed by atoms with Gasteiger partial charge in [-0.05, 0) is 42.0 Å². The SMILES string of the molecule is COc1ccccc1Oc1cncnc1-c1ccc(OCc2ccc(Cl)c(Cl)c2)cc1O. The average molecular weight is 469 g/mol. The molecule has 1 N–H and O–H groups in total. The van der Waals surface area contributed by atoms with Crippen molar-refractivity contribution in [3.05, 3.63) is 88.8 Å². The molecule has 0 amide bonds. The zero-order chi connectivity index (χ0) is 22.5. The van der Waals surface area contributed by atoms with Gasteiger partial charge in [-0.2, -0.15) is 0 Å². The van der Waals surface area contributed by atoms with Crippen molar-refractivity contribution in [2.24, 2.45) is 0 Å². The van der Waals surface area contributed by atoms with Gasteiger partial charge in [-0.1, -0.05) is 41.4 Å². The van der Waals surface area contributed by atoms with Crippen molar-refractivity contribution in [2.75, 3.05) is 7.11 Å². The first-order valence-corrected chi connectivity index (χ1v) is 10.3. The number of aromatic nitrogens is 2. The van der Waals surface area contributed by atoms with E-state index in [1.54, 1.807) is 43.5 Å². The zero-order valence-electron chi connectivity index (χ0n) is 17.0. The number of nitrogens with zero attached hydrogens (tertiary/aromatic N) is 2. The number of ether oxygens (including phenoxy) is 3. The van der Waals surface area contributed by atoms with Gasteiger partial charge < -0.3 is 19.3 Å². The topological polar surface area (TPSA) is 73.7 Å². The molecule has 0 aliphatic heterocycles. The standard InChI is InChI=1S/C24H18Cl2N2O4/c1-30-21-4-2-3-5-22(21)32-23-12-27-14-28-24(23)17-8-7-16(11-20(17)29)31-13-15-6-9-18(25)19(26)10-15/h2-12,14,29H,13H2,1H3. The van der Waals surface area contributed by atoms with Crippen LogP contribution >= 0.6 is 23.2 Å². The molecular weight excluding hydrogens is 451 g/mol. The highest BCUT2D eigenvalue weighted by Crippen LogP contribution is 2.39. The van der Waals surface area contributed by atoms with Crippen LogP contribution in [0.25, 0.3) is 11.3 Å². The van der Waals surface area contributed by atoms with Gasteiger partial charge in [-0.25, -0.2) is 9.97 Å². The molecule has 3 aromatic carbocycles. The van der Waals surface area contributed by atoms with Crippen LogP contribution < -0.4 is 14.2 Å². The summed E-state index contributed by atoms with van der Waals surface area (Å²) in [5.74, 6) is 1.92. The molecule has 162 valence electrons. The number of hydrogen-bond donors (Lipinski definition) is 1. The lowest BCUT2D eigenvalue weighted by Crippen LogP contribution is -1.97. The van der Waals surface area contributed by atoms with E-state index in [2.05, 4.69) is 9.97 Å². The van der Waals surface area contributed by atoms with Crippen LogP contribution in [0.3, 0.4) is 0 Å². The monoisotopic (exact) mass is 468 g/mol. The molecule has 0 aliphatic carbocycles. The summed E-state index contributed by atoms with van der Waals surface area (Å²) in [6.07, 6.45) is 2.92. The maximum atomic E-state index is 10.7. The minimum absolute atomic E-state index is 0.0137. The summed E-state index contributed by atoms with van der Waals surface area (Å²) in [6.45, 7) is 0.269. The second kappa shape index (κ2) is 9.77. The van der Waals surface area contributed by atoms with Crippen LogP contribution in [-0.4, -0.2) is 22.2 Å². The third-order valence-electron chi connectivity index (χ3n) is 4.58. The number of phenolic OH excluding ortho intramolecular Hbond substituents is 1.